The first kappa shape index (κ1) is 20.7. The molecule has 1 unspecified atom stereocenters. The number of likely N-dealkylation sites (tertiary alicyclic amines) is 1. The van der Waals surface area contributed by atoms with Gasteiger partial charge in [0.05, 0.1) is 11.0 Å². The maximum Gasteiger partial charge on any atom is 0.242 e. The molecule has 2 saturated heterocycles. The van der Waals surface area contributed by atoms with Crippen LogP contribution in [0.15, 0.2) is 48.5 Å². The van der Waals surface area contributed by atoms with Crippen molar-refractivity contribution in [2.45, 2.75) is 44.6 Å². The van der Waals surface area contributed by atoms with Gasteiger partial charge in [-0.25, -0.2) is 9.37 Å². The Bertz CT molecular complexity index is 1130. The summed E-state index contributed by atoms with van der Waals surface area (Å²) in [6.45, 7) is 2.31. The number of nitrogens with zero attached hydrogens (tertiary/aromatic N) is 4. The van der Waals surface area contributed by atoms with E-state index < -0.39 is 0 Å². The number of imidazole rings is 1. The summed E-state index contributed by atoms with van der Waals surface area (Å²) in [5.41, 5.74) is 2.43. The number of benzene rings is 2. The van der Waals surface area contributed by atoms with Crippen molar-refractivity contribution in [3.63, 3.8) is 0 Å². The standard InChI is InChI=1S/C25H27FN4O2/c26-19-9-11-20(12-10-19)29-16-18(15-23(29)31)25-27-21-7-3-4-8-22(21)30(25)17-24(32)28-13-5-1-2-6-14-28/h3-4,7-12,18H,1-2,5-6,13-17H2. The summed E-state index contributed by atoms with van der Waals surface area (Å²) < 4.78 is 15.3. The minimum absolute atomic E-state index is 0.0148. The lowest BCUT2D eigenvalue weighted by Crippen LogP contribution is -2.35. The molecule has 7 heteroatoms. The summed E-state index contributed by atoms with van der Waals surface area (Å²) in [5, 5.41) is 0. The summed E-state index contributed by atoms with van der Waals surface area (Å²) in [6.07, 6.45) is 4.76. The van der Waals surface area contributed by atoms with E-state index in [-0.39, 0.29) is 30.1 Å². The van der Waals surface area contributed by atoms with Crippen molar-refractivity contribution in [3.05, 3.63) is 60.2 Å². The highest BCUT2D eigenvalue weighted by atomic mass is 19.1. The fraction of sp³-hybridized carbons (Fsp3) is 0.400. The first-order valence-electron chi connectivity index (χ1n) is 11.4. The third-order valence-corrected chi connectivity index (χ3v) is 6.56. The molecule has 0 N–H and O–H groups in total. The van der Waals surface area contributed by atoms with Gasteiger partial charge in [-0.2, -0.15) is 0 Å². The molecule has 0 saturated carbocycles. The molecule has 2 fully saturated rings. The average molecular weight is 435 g/mol. The van der Waals surface area contributed by atoms with E-state index in [4.69, 9.17) is 4.98 Å². The molecule has 0 bridgehead atoms. The van der Waals surface area contributed by atoms with Gasteiger partial charge in [-0.15, -0.1) is 0 Å². The topological polar surface area (TPSA) is 58.4 Å². The van der Waals surface area contributed by atoms with Crippen LogP contribution in [0.5, 0.6) is 0 Å². The lowest BCUT2D eigenvalue weighted by Gasteiger charge is -2.22. The van der Waals surface area contributed by atoms with E-state index in [1.165, 1.54) is 25.0 Å². The van der Waals surface area contributed by atoms with Crippen LogP contribution in [-0.2, 0) is 16.1 Å². The molecule has 6 nitrogen and oxygen atoms in total. The molecule has 1 aromatic heterocycles. The fourth-order valence-electron chi connectivity index (χ4n) is 4.88. The zero-order chi connectivity index (χ0) is 22.1. The molecule has 0 radical (unpaired) electrons. The van der Waals surface area contributed by atoms with Crippen molar-refractivity contribution in [3.8, 4) is 0 Å². The molecule has 2 aliphatic heterocycles. The van der Waals surface area contributed by atoms with Crippen LogP contribution in [0.2, 0.25) is 0 Å². The van der Waals surface area contributed by atoms with Gasteiger partial charge in [0.25, 0.3) is 0 Å². The van der Waals surface area contributed by atoms with Gasteiger partial charge in [-0.05, 0) is 49.2 Å². The van der Waals surface area contributed by atoms with E-state index in [0.717, 1.165) is 42.8 Å². The van der Waals surface area contributed by atoms with Crippen molar-refractivity contribution >= 4 is 28.5 Å². The predicted octanol–water partition coefficient (Wildman–Crippen LogP) is 4.10. The number of aromatic nitrogens is 2. The molecule has 1 atom stereocenters. The minimum atomic E-state index is -0.328. The van der Waals surface area contributed by atoms with E-state index in [2.05, 4.69) is 0 Å². The summed E-state index contributed by atoms with van der Waals surface area (Å²) >= 11 is 0. The molecule has 0 spiro atoms. The van der Waals surface area contributed by atoms with E-state index in [9.17, 15) is 14.0 Å². The van der Waals surface area contributed by atoms with Crippen LogP contribution >= 0.6 is 0 Å². The van der Waals surface area contributed by atoms with E-state index in [0.29, 0.717) is 18.7 Å². The number of fused-ring (bicyclic) bond motifs is 1. The zero-order valence-electron chi connectivity index (χ0n) is 18.0. The molecule has 2 amide bonds. The number of carbonyl (C=O) groups is 2. The lowest BCUT2D eigenvalue weighted by molar-refractivity contribution is -0.131. The molecule has 0 aliphatic carbocycles. The molecule has 2 aliphatic rings. The third kappa shape index (κ3) is 3.99. The smallest absolute Gasteiger partial charge is 0.242 e. The van der Waals surface area contributed by atoms with Crippen LogP contribution in [0.3, 0.4) is 0 Å². The summed E-state index contributed by atoms with van der Waals surface area (Å²) in [5.74, 6) is 0.407. The van der Waals surface area contributed by atoms with Crippen molar-refractivity contribution in [1.82, 2.24) is 14.5 Å². The third-order valence-electron chi connectivity index (χ3n) is 6.56. The number of amides is 2. The molecular weight excluding hydrogens is 407 g/mol. The molecule has 5 rings (SSSR count). The number of hydrogen-bond acceptors (Lipinski definition) is 3. The Morgan fingerprint density at radius 3 is 2.47 bits per heavy atom. The highest BCUT2D eigenvalue weighted by Crippen LogP contribution is 2.33. The summed E-state index contributed by atoms with van der Waals surface area (Å²) in [6, 6.07) is 13.8. The van der Waals surface area contributed by atoms with Gasteiger partial charge < -0.3 is 14.4 Å². The second kappa shape index (κ2) is 8.73. The van der Waals surface area contributed by atoms with Gasteiger partial charge in [0.15, 0.2) is 0 Å². The summed E-state index contributed by atoms with van der Waals surface area (Å²) in [7, 11) is 0. The van der Waals surface area contributed by atoms with E-state index in [1.54, 1.807) is 17.0 Å². The number of carbonyl (C=O) groups excluding carboxylic acids is 2. The average Bonchev–Trinajstić information content (AvgIpc) is 3.22. The van der Waals surface area contributed by atoms with Gasteiger partial charge in [0.1, 0.15) is 18.2 Å². The SMILES string of the molecule is O=C(Cn1c(C2CC(=O)N(c3ccc(F)cc3)C2)nc2ccccc21)N1CCCCCC1. The quantitative estimate of drug-likeness (QED) is 0.621. The van der Waals surface area contributed by atoms with Crippen LogP contribution in [0.25, 0.3) is 11.0 Å². The molecule has 166 valence electrons. The minimum Gasteiger partial charge on any atom is -0.341 e. The normalized spacial score (nSPS) is 19.5. The summed E-state index contributed by atoms with van der Waals surface area (Å²) in [4.78, 5) is 34.5. The fourth-order valence-corrected chi connectivity index (χ4v) is 4.88. The predicted molar refractivity (Wildman–Crippen MR) is 121 cm³/mol. The Labute approximate surface area is 186 Å². The maximum atomic E-state index is 13.3. The van der Waals surface area contributed by atoms with Gasteiger partial charge in [-0.1, -0.05) is 25.0 Å². The first-order chi connectivity index (χ1) is 15.6. The number of para-hydroxylation sites is 2. The van der Waals surface area contributed by atoms with Crippen LogP contribution in [0, 0.1) is 5.82 Å². The highest BCUT2D eigenvalue weighted by Gasteiger charge is 2.35. The second-order valence-electron chi connectivity index (χ2n) is 8.72. The number of rotatable bonds is 4. The molecule has 3 aromatic rings. The Hall–Kier alpha value is -3.22. The van der Waals surface area contributed by atoms with E-state index in [1.807, 2.05) is 33.7 Å². The molecule has 3 heterocycles. The van der Waals surface area contributed by atoms with Crippen LogP contribution in [-0.4, -0.2) is 45.9 Å². The zero-order valence-corrected chi connectivity index (χ0v) is 18.0. The van der Waals surface area contributed by atoms with Crippen LogP contribution < -0.4 is 4.90 Å². The molecular formula is C25H27FN4O2. The van der Waals surface area contributed by atoms with Gasteiger partial charge in [0.2, 0.25) is 11.8 Å². The largest absolute Gasteiger partial charge is 0.341 e. The van der Waals surface area contributed by atoms with Crippen LogP contribution in [0.4, 0.5) is 10.1 Å². The van der Waals surface area contributed by atoms with Crippen molar-refractivity contribution < 1.29 is 14.0 Å². The number of anilines is 1. The Morgan fingerprint density at radius 2 is 1.72 bits per heavy atom. The Morgan fingerprint density at radius 1 is 1.00 bits per heavy atom. The molecule has 2 aromatic carbocycles. The van der Waals surface area contributed by atoms with Gasteiger partial charge in [0, 0.05) is 37.7 Å². The number of hydrogen-bond donors (Lipinski definition) is 0. The highest BCUT2D eigenvalue weighted by molar-refractivity contribution is 5.96. The number of halogens is 1. The Kier molecular flexibility index (Phi) is 5.64. The second-order valence-corrected chi connectivity index (χ2v) is 8.72. The maximum absolute atomic E-state index is 13.3. The van der Waals surface area contributed by atoms with Crippen molar-refractivity contribution in [1.29, 1.82) is 0 Å². The lowest BCUT2D eigenvalue weighted by atomic mass is 10.1. The molecule has 32 heavy (non-hydrogen) atoms. The monoisotopic (exact) mass is 434 g/mol. The Balaban J connectivity index is 1.44. The van der Waals surface area contributed by atoms with Gasteiger partial charge >= 0.3 is 0 Å². The van der Waals surface area contributed by atoms with Crippen molar-refractivity contribution in [2.24, 2.45) is 0 Å². The first-order valence-corrected chi connectivity index (χ1v) is 11.4. The van der Waals surface area contributed by atoms with Crippen LogP contribution in [0.1, 0.15) is 43.8 Å². The van der Waals surface area contributed by atoms with Gasteiger partial charge in [-0.3, -0.25) is 9.59 Å². The van der Waals surface area contributed by atoms with E-state index >= 15 is 0 Å². The van der Waals surface area contributed by atoms with Crippen molar-refractivity contribution in [2.75, 3.05) is 24.5 Å².